The van der Waals surface area contributed by atoms with Crippen LogP contribution in [0.2, 0.25) is 0 Å². The first kappa shape index (κ1) is 12.5. The summed E-state index contributed by atoms with van der Waals surface area (Å²) in [5, 5.41) is 2.26. The van der Waals surface area contributed by atoms with Gasteiger partial charge in [-0.05, 0) is 0 Å². The number of ether oxygens (including phenoxy) is 1. The second kappa shape index (κ2) is 6.04. The summed E-state index contributed by atoms with van der Waals surface area (Å²) in [5.74, 6) is -0.642. The van der Waals surface area contributed by atoms with Crippen LogP contribution in [0, 0.1) is 0 Å². The molecule has 0 aliphatic heterocycles. The van der Waals surface area contributed by atoms with E-state index in [0.29, 0.717) is 0 Å². The molecule has 0 saturated carbocycles. The van der Waals surface area contributed by atoms with Crippen LogP contribution in [-0.4, -0.2) is 37.7 Å². The Morgan fingerprint density at radius 3 is 2.54 bits per heavy atom. The molecule has 1 amide bonds. The summed E-state index contributed by atoms with van der Waals surface area (Å²) in [6.45, 7) is -1.45. The first-order chi connectivity index (χ1) is 5.95. The van der Waals surface area contributed by atoms with Gasteiger partial charge in [0, 0.05) is 6.54 Å². The van der Waals surface area contributed by atoms with E-state index in [2.05, 4.69) is 10.1 Å². The maximum absolute atomic E-state index is 11.5. The molecule has 7 heteroatoms. The summed E-state index contributed by atoms with van der Waals surface area (Å²) in [6, 6.07) is 0. The van der Waals surface area contributed by atoms with E-state index in [4.69, 9.17) is 11.6 Å². The number of hydrogen-bond donors (Lipinski definition) is 1. The van der Waals surface area contributed by atoms with Gasteiger partial charge in [0.15, 0.2) is 0 Å². The third-order valence-electron chi connectivity index (χ3n) is 0.956. The second-order valence-corrected chi connectivity index (χ2v) is 2.42. The number of carbonyl (C=O) groups excluding carboxylic acids is 1. The fourth-order valence-corrected chi connectivity index (χ4v) is 0.592. The van der Waals surface area contributed by atoms with Gasteiger partial charge in [0.1, 0.15) is 12.5 Å². The van der Waals surface area contributed by atoms with Crippen LogP contribution in [0.4, 0.5) is 13.2 Å². The third kappa shape index (κ3) is 9.42. The maximum Gasteiger partial charge on any atom is 0.411 e. The van der Waals surface area contributed by atoms with Crippen molar-refractivity contribution in [3.8, 4) is 0 Å². The molecule has 0 bridgehead atoms. The Bertz CT molecular complexity index is 162. The molecule has 0 aliphatic carbocycles. The van der Waals surface area contributed by atoms with Crippen LogP contribution in [-0.2, 0) is 9.53 Å². The highest BCUT2D eigenvalue weighted by Crippen LogP contribution is 2.13. The Hall–Kier alpha value is -0.490. The predicted octanol–water partition coefficient (Wildman–Crippen LogP) is 0.920. The second-order valence-electron chi connectivity index (χ2n) is 2.15. The number of alkyl halides is 4. The van der Waals surface area contributed by atoms with Gasteiger partial charge >= 0.3 is 6.18 Å². The molecule has 0 fully saturated rings. The molecule has 0 aromatic carbocycles. The number of nitrogens with one attached hydrogen (secondary N) is 1. The van der Waals surface area contributed by atoms with E-state index in [9.17, 15) is 18.0 Å². The molecular weight excluding hydrogens is 211 g/mol. The highest BCUT2D eigenvalue weighted by atomic mass is 35.5. The number of rotatable bonds is 5. The van der Waals surface area contributed by atoms with E-state index in [1.54, 1.807) is 0 Å². The van der Waals surface area contributed by atoms with Crippen molar-refractivity contribution in [2.24, 2.45) is 0 Å². The molecular formula is C6H9ClF3NO2. The van der Waals surface area contributed by atoms with E-state index < -0.39 is 18.7 Å². The van der Waals surface area contributed by atoms with Crippen molar-refractivity contribution >= 4 is 17.5 Å². The highest BCUT2D eigenvalue weighted by molar-refractivity contribution is 6.27. The molecule has 1 N–H and O–H groups in total. The van der Waals surface area contributed by atoms with Crippen molar-refractivity contribution in [1.29, 1.82) is 0 Å². The average molecular weight is 220 g/mol. The van der Waals surface area contributed by atoms with Crippen LogP contribution in [0.1, 0.15) is 0 Å². The lowest BCUT2D eigenvalue weighted by Gasteiger charge is -2.07. The topological polar surface area (TPSA) is 38.3 Å². The summed E-state index contributed by atoms with van der Waals surface area (Å²) in [5.41, 5.74) is 0. The fraction of sp³-hybridized carbons (Fsp3) is 0.833. The standard InChI is InChI=1S/C6H9ClF3NO2/c7-3-5(12)11-1-2-13-4-6(8,9)10/h1-4H2,(H,11,12). The zero-order valence-electron chi connectivity index (χ0n) is 6.66. The van der Waals surface area contributed by atoms with Crippen LogP contribution in [0.15, 0.2) is 0 Å². The normalized spacial score (nSPS) is 11.4. The van der Waals surface area contributed by atoms with Gasteiger partial charge in [-0.1, -0.05) is 0 Å². The SMILES string of the molecule is O=C(CCl)NCCOCC(F)(F)F. The van der Waals surface area contributed by atoms with Crippen molar-refractivity contribution in [3.63, 3.8) is 0 Å². The number of hydrogen-bond acceptors (Lipinski definition) is 2. The molecule has 78 valence electrons. The van der Waals surface area contributed by atoms with Gasteiger partial charge in [0.2, 0.25) is 5.91 Å². The van der Waals surface area contributed by atoms with Crippen LogP contribution in [0.3, 0.4) is 0 Å². The molecule has 0 unspecified atom stereocenters. The Labute approximate surface area is 78.2 Å². The Morgan fingerprint density at radius 1 is 1.46 bits per heavy atom. The van der Waals surface area contributed by atoms with Gasteiger partial charge in [0.25, 0.3) is 0 Å². The number of halogens is 4. The van der Waals surface area contributed by atoms with Crippen LogP contribution < -0.4 is 5.32 Å². The van der Waals surface area contributed by atoms with Crippen LogP contribution in [0.5, 0.6) is 0 Å². The first-order valence-electron chi connectivity index (χ1n) is 3.43. The van der Waals surface area contributed by atoms with E-state index in [-0.39, 0.29) is 19.0 Å². The average Bonchev–Trinajstić information content (AvgIpc) is 2.01. The fourth-order valence-electron chi connectivity index (χ4n) is 0.498. The molecule has 0 radical (unpaired) electrons. The molecule has 0 rings (SSSR count). The molecule has 0 heterocycles. The molecule has 0 spiro atoms. The van der Waals surface area contributed by atoms with E-state index in [1.807, 2.05) is 0 Å². The largest absolute Gasteiger partial charge is 0.411 e. The van der Waals surface area contributed by atoms with Crippen molar-refractivity contribution in [3.05, 3.63) is 0 Å². The number of amides is 1. The molecule has 13 heavy (non-hydrogen) atoms. The zero-order chi connectivity index (χ0) is 10.3. The molecule has 3 nitrogen and oxygen atoms in total. The summed E-state index contributed by atoms with van der Waals surface area (Å²) >= 11 is 5.10. The summed E-state index contributed by atoms with van der Waals surface area (Å²) < 4.78 is 38.6. The lowest BCUT2D eigenvalue weighted by molar-refractivity contribution is -0.173. The summed E-state index contributed by atoms with van der Waals surface area (Å²) in [6.07, 6.45) is -4.32. The Morgan fingerprint density at radius 2 is 2.08 bits per heavy atom. The quantitative estimate of drug-likeness (QED) is 0.552. The van der Waals surface area contributed by atoms with Crippen LogP contribution >= 0.6 is 11.6 Å². The van der Waals surface area contributed by atoms with Crippen molar-refractivity contribution in [1.82, 2.24) is 5.32 Å². The summed E-state index contributed by atoms with van der Waals surface area (Å²) in [7, 11) is 0. The van der Waals surface area contributed by atoms with Crippen molar-refractivity contribution in [2.75, 3.05) is 25.6 Å². The Kier molecular flexibility index (Phi) is 5.81. The van der Waals surface area contributed by atoms with Gasteiger partial charge < -0.3 is 10.1 Å². The maximum atomic E-state index is 11.5. The van der Waals surface area contributed by atoms with E-state index in [0.717, 1.165) is 0 Å². The lowest BCUT2D eigenvalue weighted by atomic mass is 10.6. The van der Waals surface area contributed by atoms with Gasteiger partial charge in [-0.2, -0.15) is 13.2 Å². The predicted molar refractivity (Wildman–Crippen MR) is 40.6 cm³/mol. The molecule has 0 aromatic heterocycles. The minimum absolute atomic E-state index is 0.0294. The molecule has 0 aliphatic rings. The third-order valence-corrected chi connectivity index (χ3v) is 1.20. The minimum atomic E-state index is -4.32. The highest BCUT2D eigenvalue weighted by Gasteiger charge is 2.27. The first-order valence-corrected chi connectivity index (χ1v) is 3.96. The summed E-state index contributed by atoms with van der Waals surface area (Å²) in [4.78, 5) is 10.5. The van der Waals surface area contributed by atoms with Crippen molar-refractivity contribution < 1.29 is 22.7 Å². The van der Waals surface area contributed by atoms with Gasteiger partial charge in [-0.3, -0.25) is 4.79 Å². The minimum Gasteiger partial charge on any atom is -0.370 e. The molecule has 0 aromatic rings. The van der Waals surface area contributed by atoms with Gasteiger partial charge in [-0.25, -0.2) is 0 Å². The smallest absolute Gasteiger partial charge is 0.370 e. The number of carbonyl (C=O) groups is 1. The monoisotopic (exact) mass is 219 g/mol. The lowest BCUT2D eigenvalue weighted by Crippen LogP contribution is -2.29. The zero-order valence-corrected chi connectivity index (χ0v) is 7.41. The van der Waals surface area contributed by atoms with Gasteiger partial charge in [0.05, 0.1) is 6.61 Å². The molecule has 0 saturated heterocycles. The van der Waals surface area contributed by atoms with E-state index >= 15 is 0 Å². The Balaban J connectivity index is 3.22. The van der Waals surface area contributed by atoms with Gasteiger partial charge in [-0.15, -0.1) is 11.6 Å². The van der Waals surface area contributed by atoms with Crippen LogP contribution in [0.25, 0.3) is 0 Å². The van der Waals surface area contributed by atoms with E-state index in [1.165, 1.54) is 0 Å². The van der Waals surface area contributed by atoms with Crippen molar-refractivity contribution in [2.45, 2.75) is 6.18 Å². The molecule has 0 atom stereocenters.